The van der Waals surface area contributed by atoms with Gasteiger partial charge in [0.15, 0.2) is 0 Å². The molecule has 2 aromatic carbocycles. The summed E-state index contributed by atoms with van der Waals surface area (Å²) in [6.07, 6.45) is 4.04. The number of benzene rings is 2. The van der Waals surface area contributed by atoms with E-state index in [0.29, 0.717) is 27.5 Å². The molecule has 1 saturated carbocycles. The van der Waals surface area contributed by atoms with Crippen LogP contribution in [0.5, 0.6) is 11.5 Å². The average Bonchev–Trinajstić information content (AvgIpc) is 3.23. The number of anilines is 1. The molecule has 32 heavy (non-hydrogen) atoms. The number of rotatable bonds is 6. The fourth-order valence-corrected chi connectivity index (χ4v) is 5.77. The molecule has 1 amide bonds. The Kier molecular flexibility index (Phi) is 6.96. The summed E-state index contributed by atoms with van der Waals surface area (Å²) >= 11 is 13.4. The maximum atomic E-state index is 11.9. The number of fused-ring (bicyclic) bond motifs is 1. The third-order valence-corrected chi connectivity index (χ3v) is 7.29. The van der Waals surface area contributed by atoms with Crippen molar-refractivity contribution >= 4 is 34.8 Å². The lowest BCUT2D eigenvalue weighted by molar-refractivity contribution is -0.111. The van der Waals surface area contributed by atoms with Crippen molar-refractivity contribution in [1.82, 2.24) is 10.9 Å². The van der Waals surface area contributed by atoms with Gasteiger partial charge >= 0.3 is 0 Å². The highest BCUT2D eigenvalue weighted by molar-refractivity contribution is 6.38. The summed E-state index contributed by atoms with van der Waals surface area (Å²) in [5, 5.41) is 4.01. The van der Waals surface area contributed by atoms with Crippen LogP contribution >= 0.6 is 23.2 Å². The second-order valence-electron chi connectivity index (χ2n) is 8.15. The van der Waals surface area contributed by atoms with Crippen LogP contribution in [0.2, 0.25) is 10.0 Å². The van der Waals surface area contributed by atoms with Crippen LogP contribution in [0.1, 0.15) is 42.3 Å². The van der Waals surface area contributed by atoms with Gasteiger partial charge in [-0.3, -0.25) is 10.2 Å². The fraction of sp³-hybridized carbons (Fsp3) is 0.375. The third-order valence-electron chi connectivity index (χ3n) is 6.51. The van der Waals surface area contributed by atoms with E-state index in [9.17, 15) is 4.79 Å². The van der Waals surface area contributed by atoms with Crippen molar-refractivity contribution in [2.24, 2.45) is 5.92 Å². The van der Waals surface area contributed by atoms with E-state index in [1.165, 1.54) is 6.08 Å². The number of para-hydroxylation sites is 1. The van der Waals surface area contributed by atoms with Gasteiger partial charge in [0.05, 0.1) is 30.3 Å². The Morgan fingerprint density at radius 2 is 1.81 bits per heavy atom. The van der Waals surface area contributed by atoms with E-state index < -0.39 is 0 Å². The molecule has 0 aromatic heterocycles. The number of carbonyl (C=O) groups is 1. The van der Waals surface area contributed by atoms with Gasteiger partial charge in [-0.05, 0) is 48.8 Å². The zero-order valence-corrected chi connectivity index (χ0v) is 19.6. The Morgan fingerprint density at radius 1 is 1.12 bits per heavy atom. The molecule has 1 aliphatic heterocycles. The minimum atomic E-state index is -0.222. The van der Waals surface area contributed by atoms with Gasteiger partial charge in [0.1, 0.15) is 11.5 Å². The second-order valence-corrected chi connectivity index (χ2v) is 8.91. The highest BCUT2D eigenvalue weighted by Crippen LogP contribution is 2.51. The molecule has 4 atom stereocenters. The van der Waals surface area contributed by atoms with Crippen LogP contribution in [0, 0.1) is 5.92 Å². The molecule has 0 radical (unpaired) electrons. The number of methoxy groups -OCH3 is 2. The summed E-state index contributed by atoms with van der Waals surface area (Å²) in [7, 11) is 3.18. The van der Waals surface area contributed by atoms with Gasteiger partial charge in [-0.1, -0.05) is 48.0 Å². The van der Waals surface area contributed by atoms with Gasteiger partial charge in [0, 0.05) is 23.4 Å². The number of amides is 1. The number of halogens is 2. The summed E-state index contributed by atoms with van der Waals surface area (Å²) in [6, 6.07) is 9.90. The van der Waals surface area contributed by atoms with Gasteiger partial charge in [-0.25, -0.2) is 5.43 Å². The zero-order valence-electron chi connectivity index (χ0n) is 18.1. The molecule has 0 spiro atoms. The maximum absolute atomic E-state index is 11.9. The van der Waals surface area contributed by atoms with Crippen LogP contribution in [0.15, 0.2) is 43.0 Å². The summed E-state index contributed by atoms with van der Waals surface area (Å²) in [5.41, 5.74) is 9.65. The number of hydrazine groups is 1. The Bertz CT molecular complexity index is 1000. The second kappa shape index (κ2) is 9.71. The topological polar surface area (TPSA) is 71.6 Å². The number of carbonyl (C=O) groups excluding carboxylic acids is 1. The van der Waals surface area contributed by atoms with Crippen LogP contribution in [0.4, 0.5) is 5.69 Å². The Labute approximate surface area is 198 Å². The molecule has 170 valence electrons. The molecule has 2 aliphatic rings. The first-order chi connectivity index (χ1) is 15.5. The molecule has 1 saturated heterocycles. The standard InChI is InChI=1S/C24H27Cl2N3O3/c1-4-20(30)27-16-8-6-5-7-14(16)24-15-10-9-13(11-17(15)28-29-24)21-22(25)18(31-2)12-19(32-3)23(21)26/h4-8,12-13,15,17,24,28-29H,1,9-11H2,2-3H3,(H,27,30). The molecule has 6 nitrogen and oxygen atoms in total. The van der Waals surface area contributed by atoms with E-state index in [2.05, 4.69) is 22.7 Å². The van der Waals surface area contributed by atoms with E-state index in [0.717, 1.165) is 36.1 Å². The molecular formula is C24H27Cl2N3O3. The lowest BCUT2D eigenvalue weighted by Crippen LogP contribution is -2.35. The van der Waals surface area contributed by atoms with Crippen molar-refractivity contribution < 1.29 is 14.3 Å². The summed E-state index contributed by atoms with van der Waals surface area (Å²) in [6.45, 7) is 3.55. The Balaban J connectivity index is 1.58. The summed E-state index contributed by atoms with van der Waals surface area (Å²) < 4.78 is 10.9. The van der Waals surface area contributed by atoms with E-state index in [1.54, 1.807) is 20.3 Å². The van der Waals surface area contributed by atoms with Gasteiger partial charge in [0.2, 0.25) is 5.91 Å². The molecule has 4 unspecified atom stereocenters. The van der Waals surface area contributed by atoms with E-state index in [1.807, 2.05) is 24.3 Å². The SMILES string of the molecule is C=CC(=O)Nc1ccccc1C1NNC2CC(c3c(Cl)c(OC)cc(OC)c3Cl)CCC21. The van der Waals surface area contributed by atoms with Crippen LogP contribution in [0.25, 0.3) is 0 Å². The molecule has 1 aliphatic carbocycles. The van der Waals surface area contributed by atoms with Gasteiger partial charge in [0.25, 0.3) is 0 Å². The van der Waals surface area contributed by atoms with Crippen molar-refractivity contribution in [3.8, 4) is 11.5 Å². The van der Waals surface area contributed by atoms with Gasteiger partial charge in [-0.15, -0.1) is 0 Å². The van der Waals surface area contributed by atoms with Crippen molar-refractivity contribution in [2.75, 3.05) is 19.5 Å². The first kappa shape index (κ1) is 22.9. The number of hydrogen-bond donors (Lipinski definition) is 3. The minimum absolute atomic E-state index is 0.0769. The smallest absolute Gasteiger partial charge is 0.247 e. The lowest BCUT2D eigenvalue weighted by Gasteiger charge is -2.34. The quantitative estimate of drug-likeness (QED) is 0.498. The van der Waals surface area contributed by atoms with E-state index in [4.69, 9.17) is 32.7 Å². The predicted molar refractivity (Wildman–Crippen MR) is 128 cm³/mol. The fourth-order valence-electron chi connectivity index (χ4n) is 4.96. The highest BCUT2D eigenvalue weighted by Gasteiger charge is 2.43. The molecule has 4 rings (SSSR count). The summed E-state index contributed by atoms with van der Waals surface area (Å²) in [5.74, 6) is 1.43. The molecule has 1 heterocycles. The summed E-state index contributed by atoms with van der Waals surface area (Å²) in [4.78, 5) is 11.9. The Hall–Kier alpha value is -2.25. The van der Waals surface area contributed by atoms with Crippen LogP contribution in [0.3, 0.4) is 0 Å². The normalized spacial score (nSPS) is 24.5. The van der Waals surface area contributed by atoms with Crippen LogP contribution in [-0.2, 0) is 4.79 Å². The van der Waals surface area contributed by atoms with Crippen molar-refractivity contribution in [3.63, 3.8) is 0 Å². The van der Waals surface area contributed by atoms with E-state index in [-0.39, 0.29) is 23.9 Å². The third kappa shape index (κ3) is 4.20. The molecule has 8 heteroatoms. The van der Waals surface area contributed by atoms with Gasteiger partial charge < -0.3 is 14.8 Å². The zero-order chi connectivity index (χ0) is 22.8. The van der Waals surface area contributed by atoms with E-state index >= 15 is 0 Å². The lowest BCUT2D eigenvalue weighted by atomic mass is 9.72. The van der Waals surface area contributed by atoms with Crippen molar-refractivity contribution in [2.45, 2.75) is 37.3 Å². The highest BCUT2D eigenvalue weighted by atomic mass is 35.5. The van der Waals surface area contributed by atoms with Gasteiger partial charge in [-0.2, -0.15) is 0 Å². The first-order valence-corrected chi connectivity index (χ1v) is 11.4. The monoisotopic (exact) mass is 475 g/mol. The maximum Gasteiger partial charge on any atom is 0.247 e. The molecule has 2 fully saturated rings. The molecule has 3 N–H and O–H groups in total. The van der Waals surface area contributed by atoms with Crippen LogP contribution in [-0.4, -0.2) is 26.2 Å². The van der Waals surface area contributed by atoms with Crippen molar-refractivity contribution in [3.05, 3.63) is 64.2 Å². The predicted octanol–water partition coefficient (Wildman–Crippen LogP) is 5.24. The minimum Gasteiger partial charge on any atom is -0.495 e. The number of ether oxygens (including phenoxy) is 2. The first-order valence-electron chi connectivity index (χ1n) is 10.6. The Morgan fingerprint density at radius 3 is 2.47 bits per heavy atom. The van der Waals surface area contributed by atoms with Crippen LogP contribution < -0.4 is 25.6 Å². The number of nitrogens with one attached hydrogen (secondary N) is 3. The molecule has 0 bridgehead atoms. The molecule has 2 aromatic rings. The van der Waals surface area contributed by atoms with Crippen molar-refractivity contribution in [1.29, 1.82) is 0 Å². The largest absolute Gasteiger partial charge is 0.495 e. The number of hydrogen-bond acceptors (Lipinski definition) is 5. The molecular weight excluding hydrogens is 449 g/mol. The average molecular weight is 476 g/mol.